The Morgan fingerprint density at radius 2 is 1.33 bits per heavy atom. The van der Waals surface area contributed by atoms with Gasteiger partial charge >= 0.3 is 0 Å². The largest absolute Gasteiger partial charge is 0.336 e. The third-order valence-corrected chi connectivity index (χ3v) is 8.75. The summed E-state index contributed by atoms with van der Waals surface area (Å²) in [5, 5.41) is 2.22. The van der Waals surface area contributed by atoms with Crippen LogP contribution in [0.2, 0.25) is 0 Å². The lowest BCUT2D eigenvalue weighted by atomic mass is 10.0. The summed E-state index contributed by atoms with van der Waals surface area (Å²) in [7, 11) is -3.73. The van der Waals surface area contributed by atoms with E-state index >= 15 is 0 Å². The van der Waals surface area contributed by atoms with Crippen LogP contribution in [0.25, 0.3) is 10.8 Å². The van der Waals surface area contributed by atoms with Crippen LogP contribution in [0, 0.1) is 0 Å². The number of sulfonamides is 1. The summed E-state index contributed by atoms with van der Waals surface area (Å²) in [6.45, 7) is 2.51. The smallest absolute Gasteiger partial charge is 0.253 e. The lowest BCUT2D eigenvalue weighted by Crippen LogP contribution is -2.51. The van der Waals surface area contributed by atoms with E-state index in [-0.39, 0.29) is 16.8 Å². The van der Waals surface area contributed by atoms with Crippen LogP contribution < -0.4 is 4.72 Å². The highest BCUT2D eigenvalue weighted by atomic mass is 32.2. The van der Waals surface area contributed by atoms with Gasteiger partial charge in [0.2, 0.25) is 10.0 Å². The average Bonchev–Trinajstić information content (AvgIpc) is 3.23. The summed E-state index contributed by atoms with van der Waals surface area (Å²) in [6.07, 6.45) is 0. The molecule has 6 rings (SSSR count). The number of benzene rings is 4. The van der Waals surface area contributed by atoms with Gasteiger partial charge < -0.3 is 4.90 Å². The van der Waals surface area contributed by atoms with Crippen LogP contribution in [0.15, 0.2) is 102 Å². The molecule has 1 saturated heterocycles. The molecular formula is C29H27N3O3S. The fourth-order valence-electron chi connectivity index (χ4n) is 5.59. The molecule has 1 heterocycles. The molecular weight excluding hydrogens is 470 g/mol. The molecule has 36 heavy (non-hydrogen) atoms. The van der Waals surface area contributed by atoms with Crippen LogP contribution >= 0.6 is 0 Å². The van der Waals surface area contributed by atoms with Gasteiger partial charge in [-0.15, -0.1) is 0 Å². The first kappa shape index (κ1) is 22.9. The maximum absolute atomic E-state index is 13.4. The predicted molar refractivity (Wildman–Crippen MR) is 140 cm³/mol. The zero-order valence-electron chi connectivity index (χ0n) is 19.7. The van der Waals surface area contributed by atoms with E-state index in [2.05, 4.69) is 27.8 Å². The molecule has 2 atom stereocenters. The summed E-state index contributed by atoms with van der Waals surface area (Å²) in [5.41, 5.74) is 2.82. The number of hydrogen-bond donors (Lipinski definition) is 1. The third kappa shape index (κ3) is 3.99. The molecule has 4 aromatic rings. The van der Waals surface area contributed by atoms with Crippen molar-refractivity contribution in [3.05, 3.63) is 114 Å². The van der Waals surface area contributed by atoms with E-state index in [1.165, 1.54) is 0 Å². The Morgan fingerprint density at radius 1 is 0.722 bits per heavy atom. The molecule has 0 aromatic heterocycles. The fourth-order valence-corrected chi connectivity index (χ4v) is 6.83. The lowest BCUT2D eigenvalue weighted by molar-refractivity contribution is 0.0539. The SMILES string of the molecule is O=C(c1ccccc1)N1CCN([C@H]2c3cccc4cccc(c34)[C@@H]2NS(=O)(=O)c2ccccc2)CC1. The summed E-state index contributed by atoms with van der Waals surface area (Å²) < 4.78 is 29.8. The Labute approximate surface area is 211 Å². The summed E-state index contributed by atoms with van der Waals surface area (Å²) in [4.78, 5) is 17.4. The molecule has 7 heteroatoms. The van der Waals surface area contributed by atoms with Crippen LogP contribution in [0.5, 0.6) is 0 Å². The molecule has 1 aliphatic heterocycles. The van der Waals surface area contributed by atoms with Crippen molar-refractivity contribution in [1.29, 1.82) is 0 Å². The first-order valence-corrected chi connectivity index (χ1v) is 13.7. The molecule has 6 nitrogen and oxygen atoms in total. The van der Waals surface area contributed by atoms with Gasteiger partial charge in [-0.05, 0) is 46.2 Å². The second-order valence-corrected chi connectivity index (χ2v) is 11.1. The Balaban J connectivity index is 1.31. The van der Waals surface area contributed by atoms with Crippen molar-refractivity contribution in [2.75, 3.05) is 26.2 Å². The van der Waals surface area contributed by atoms with Gasteiger partial charge in [-0.1, -0.05) is 72.8 Å². The van der Waals surface area contributed by atoms with Gasteiger partial charge in [-0.2, -0.15) is 0 Å². The first-order valence-electron chi connectivity index (χ1n) is 12.2. The maximum atomic E-state index is 13.4. The fraction of sp³-hybridized carbons (Fsp3) is 0.207. The quantitative estimate of drug-likeness (QED) is 0.445. The maximum Gasteiger partial charge on any atom is 0.253 e. The number of carbonyl (C=O) groups is 1. The van der Waals surface area contributed by atoms with Crippen LogP contribution in [0.3, 0.4) is 0 Å². The van der Waals surface area contributed by atoms with Gasteiger partial charge in [0.15, 0.2) is 0 Å². The highest BCUT2D eigenvalue weighted by Crippen LogP contribution is 2.47. The Bertz CT molecular complexity index is 1510. The standard InChI is InChI=1S/C29H27N3O3S/c33-29(22-9-3-1-4-10-22)32-19-17-31(18-20-32)28-25-16-8-12-21-11-7-15-24(26(21)25)27(28)30-36(34,35)23-13-5-2-6-14-23/h1-16,27-28,30H,17-20H2/t27-,28-/m0/s1. The lowest BCUT2D eigenvalue weighted by Gasteiger charge is -2.40. The predicted octanol–water partition coefficient (Wildman–Crippen LogP) is 4.37. The second kappa shape index (κ2) is 9.17. The second-order valence-electron chi connectivity index (χ2n) is 9.34. The van der Waals surface area contributed by atoms with Gasteiger partial charge in [-0.3, -0.25) is 9.69 Å². The van der Waals surface area contributed by atoms with E-state index in [1.54, 1.807) is 24.3 Å². The summed E-state index contributed by atoms with van der Waals surface area (Å²) >= 11 is 0. The van der Waals surface area contributed by atoms with Crippen molar-refractivity contribution in [2.24, 2.45) is 0 Å². The average molecular weight is 498 g/mol. The number of nitrogens with zero attached hydrogens (tertiary/aromatic N) is 2. The molecule has 1 N–H and O–H groups in total. The van der Waals surface area contributed by atoms with Crippen LogP contribution in [0.4, 0.5) is 0 Å². The van der Waals surface area contributed by atoms with Gasteiger partial charge in [0.25, 0.3) is 5.91 Å². The number of piperazine rings is 1. The Hall–Kier alpha value is -3.52. The molecule has 2 aliphatic rings. The zero-order chi connectivity index (χ0) is 24.7. The molecule has 0 spiro atoms. The van der Waals surface area contributed by atoms with E-state index in [0.29, 0.717) is 31.7 Å². The van der Waals surface area contributed by atoms with E-state index < -0.39 is 16.1 Å². The number of nitrogens with one attached hydrogen (secondary N) is 1. The molecule has 0 radical (unpaired) electrons. The van der Waals surface area contributed by atoms with Crippen molar-refractivity contribution in [3.63, 3.8) is 0 Å². The Morgan fingerprint density at radius 3 is 2.00 bits per heavy atom. The monoisotopic (exact) mass is 497 g/mol. The molecule has 182 valence electrons. The number of hydrogen-bond acceptors (Lipinski definition) is 4. The molecule has 1 aliphatic carbocycles. The molecule has 1 fully saturated rings. The van der Waals surface area contributed by atoms with Gasteiger partial charge in [0.05, 0.1) is 17.0 Å². The van der Waals surface area contributed by atoms with Crippen LogP contribution in [-0.2, 0) is 10.0 Å². The van der Waals surface area contributed by atoms with E-state index in [4.69, 9.17) is 0 Å². The normalized spacial score (nSPS) is 20.1. The number of carbonyl (C=O) groups excluding carboxylic acids is 1. The number of amides is 1. The van der Waals surface area contributed by atoms with Crippen molar-refractivity contribution < 1.29 is 13.2 Å². The molecule has 4 aromatic carbocycles. The summed E-state index contributed by atoms with van der Waals surface area (Å²) in [6, 6.07) is 29.6. The number of rotatable bonds is 5. The highest BCUT2D eigenvalue weighted by molar-refractivity contribution is 7.89. The van der Waals surface area contributed by atoms with Crippen LogP contribution in [-0.4, -0.2) is 50.3 Å². The Kier molecular flexibility index (Phi) is 5.84. The van der Waals surface area contributed by atoms with E-state index in [1.807, 2.05) is 59.5 Å². The highest BCUT2D eigenvalue weighted by Gasteiger charge is 2.41. The van der Waals surface area contributed by atoms with Gasteiger partial charge in [0, 0.05) is 31.7 Å². The zero-order valence-corrected chi connectivity index (χ0v) is 20.6. The minimum atomic E-state index is -3.73. The van der Waals surface area contributed by atoms with Crippen molar-refractivity contribution >= 4 is 26.7 Å². The van der Waals surface area contributed by atoms with E-state index in [9.17, 15) is 13.2 Å². The van der Waals surface area contributed by atoms with Crippen molar-refractivity contribution in [3.8, 4) is 0 Å². The first-order chi connectivity index (χ1) is 17.5. The van der Waals surface area contributed by atoms with Crippen molar-refractivity contribution in [2.45, 2.75) is 17.0 Å². The van der Waals surface area contributed by atoms with Crippen molar-refractivity contribution in [1.82, 2.24) is 14.5 Å². The molecule has 0 bridgehead atoms. The summed E-state index contributed by atoms with van der Waals surface area (Å²) in [5.74, 6) is 0.0355. The topological polar surface area (TPSA) is 69.7 Å². The molecule has 1 amide bonds. The van der Waals surface area contributed by atoms with E-state index in [0.717, 1.165) is 21.9 Å². The van der Waals surface area contributed by atoms with Gasteiger partial charge in [0.1, 0.15) is 0 Å². The van der Waals surface area contributed by atoms with Crippen LogP contribution in [0.1, 0.15) is 33.6 Å². The van der Waals surface area contributed by atoms with Gasteiger partial charge in [-0.25, -0.2) is 13.1 Å². The minimum absolute atomic E-state index is 0.0355. The third-order valence-electron chi connectivity index (χ3n) is 7.29. The molecule has 0 unspecified atom stereocenters. The minimum Gasteiger partial charge on any atom is -0.336 e. The molecule has 0 saturated carbocycles.